The number of nitrogens with one attached hydrogen (secondary N) is 2. The summed E-state index contributed by atoms with van der Waals surface area (Å²) in [5.41, 5.74) is 2.74. The van der Waals surface area contributed by atoms with Crippen LogP contribution in [0.5, 0.6) is 0 Å². The number of amides is 3. The van der Waals surface area contributed by atoms with E-state index < -0.39 is 23.8 Å². The molecule has 4 rings (SSSR count). The van der Waals surface area contributed by atoms with Gasteiger partial charge in [0.05, 0.1) is 0 Å². The zero-order valence-corrected chi connectivity index (χ0v) is 25.3. The molecule has 1 saturated carbocycles. The third-order valence-electron chi connectivity index (χ3n) is 7.61. The largest absolute Gasteiger partial charge is 0.444 e. The normalized spacial score (nSPS) is 15.5. The second kappa shape index (κ2) is 12.3. The van der Waals surface area contributed by atoms with Gasteiger partial charge in [0.25, 0.3) is 5.91 Å². The standard InChI is InChI=1S/C34H43N3O4/c1-8-22(3)29(36-33(40)41-34(5,6)7)32(39)37(27-16-17-27)30(28-18-13-21(2)19-23(28)4)31(38)35-26-15-14-24-11-9-10-12-25(24)20-26/h9-15,18-20,22,27,29-30H,8,16-17H2,1-7H3,(H,35,38)(H,36,40). The van der Waals surface area contributed by atoms with Crippen LogP contribution in [0.1, 0.15) is 76.6 Å². The van der Waals surface area contributed by atoms with E-state index in [9.17, 15) is 14.4 Å². The monoisotopic (exact) mass is 557 g/mol. The number of carbonyl (C=O) groups excluding carboxylic acids is 3. The van der Waals surface area contributed by atoms with E-state index in [2.05, 4.69) is 10.6 Å². The number of aryl methyl sites for hydroxylation is 2. The Morgan fingerprint density at radius 3 is 2.27 bits per heavy atom. The Kier molecular flexibility index (Phi) is 9.05. The van der Waals surface area contributed by atoms with Crippen LogP contribution in [0.2, 0.25) is 0 Å². The molecule has 0 heterocycles. The van der Waals surface area contributed by atoms with E-state index in [4.69, 9.17) is 4.74 Å². The highest BCUT2D eigenvalue weighted by atomic mass is 16.6. The Morgan fingerprint density at radius 2 is 1.66 bits per heavy atom. The zero-order chi connectivity index (χ0) is 29.9. The van der Waals surface area contributed by atoms with E-state index in [1.54, 1.807) is 25.7 Å². The summed E-state index contributed by atoms with van der Waals surface area (Å²) in [5.74, 6) is -0.724. The van der Waals surface area contributed by atoms with E-state index >= 15 is 0 Å². The van der Waals surface area contributed by atoms with E-state index in [-0.39, 0.29) is 23.8 Å². The van der Waals surface area contributed by atoms with Gasteiger partial charge in [-0.1, -0.05) is 74.4 Å². The van der Waals surface area contributed by atoms with Crippen LogP contribution in [0, 0.1) is 19.8 Å². The van der Waals surface area contributed by atoms with Gasteiger partial charge in [0.15, 0.2) is 0 Å². The van der Waals surface area contributed by atoms with Crippen molar-refractivity contribution in [3.63, 3.8) is 0 Å². The minimum absolute atomic E-state index is 0.0949. The van der Waals surface area contributed by atoms with E-state index in [0.29, 0.717) is 12.1 Å². The molecule has 3 amide bonds. The summed E-state index contributed by atoms with van der Waals surface area (Å²) in [5, 5.41) is 8.04. The van der Waals surface area contributed by atoms with Crippen molar-refractivity contribution in [2.75, 3.05) is 5.32 Å². The Morgan fingerprint density at radius 1 is 0.976 bits per heavy atom. The van der Waals surface area contributed by atoms with Crippen molar-refractivity contribution < 1.29 is 19.1 Å². The molecule has 1 aliphatic carbocycles. The summed E-state index contributed by atoms with van der Waals surface area (Å²) in [4.78, 5) is 43.2. The Labute approximate surface area is 243 Å². The summed E-state index contributed by atoms with van der Waals surface area (Å²) in [7, 11) is 0. The Balaban J connectivity index is 1.73. The predicted molar refractivity (Wildman–Crippen MR) is 164 cm³/mol. The average Bonchev–Trinajstić information content (AvgIpc) is 3.74. The first-order valence-electron chi connectivity index (χ1n) is 14.6. The van der Waals surface area contributed by atoms with Gasteiger partial charge in [-0.15, -0.1) is 0 Å². The molecule has 218 valence electrons. The molecule has 0 spiro atoms. The van der Waals surface area contributed by atoms with Gasteiger partial charge in [-0.2, -0.15) is 0 Å². The fourth-order valence-corrected chi connectivity index (χ4v) is 5.18. The van der Waals surface area contributed by atoms with Gasteiger partial charge in [-0.05, 0) is 87.4 Å². The van der Waals surface area contributed by atoms with Crippen LogP contribution in [0.4, 0.5) is 10.5 Å². The van der Waals surface area contributed by atoms with E-state index in [1.807, 2.05) is 88.4 Å². The highest BCUT2D eigenvalue weighted by Gasteiger charge is 2.45. The van der Waals surface area contributed by atoms with Gasteiger partial charge >= 0.3 is 6.09 Å². The third-order valence-corrected chi connectivity index (χ3v) is 7.61. The number of anilines is 1. The number of nitrogens with zero attached hydrogens (tertiary/aromatic N) is 1. The molecule has 1 fully saturated rings. The molecule has 41 heavy (non-hydrogen) atoms. The Hall–Kier alpha value is -3.87. The van der Waals surface area contributed by atoms with Crippen LogP contribution in [-0.2, 0) is 14.3 Å². The van der Waals surface area contributed by atoms with Crippen LogP contribution in [-0.4, -0.2) is 40.5 Å². The summed E-state index contributed by atoms with van der Waals surface area (Å²) in [6.07, 6.45) is 1.63. The maximum Gasteiger partial charge on any atom is 0.408 e. The van der Waals surface area contributed by atoms with Gasteiger partial charge in [0.1, 0.15) is 17.7 Å². The number of rotatable bonds is 9. The molecule has 3 aromatic carbocycles. The quantitative estimate of drug-likeness (QED) is 0.295. The molecule has 2 N–H and O–H groups in total. The smallest absolute Gasteiger partial charge is 0.408 e. The van der Waals surface area contributed by atoms with Gasteiger partial charge < -0.3 is 20.3 Å². The molecule has 0 saturated heterocycles. The topological polar surface area (TPSA) is 87.7 Å². The van der Waals surface area contributed by atoms with Crippen molar-refractivity contribution in [1.82, 2.24) is 10.2 Å². The lowest BCUT2D eigenvalue weighted by Crippen LogP contribution is -2.55. The maximum absolute atomic E-state index is 14.4. The molecular weight excluding hydrogens is 514 g/mol. The van der Waals surface area contributed by atoms with Crippen LogP contribution < -0.4 is 10.6 Å². The Bertz CT molecular complexity index is 1420. The van der Waals surface area contributed by atoms with Gasteiger partial charge in [0, 0.05) is 11.7 Å². The molecule has 3 unspecified atom stereocenters. The lowest BCUT2D eigenvalue weighted by molar-refractivity contribution is -0.142. The number of hydrogen-bond acceptors (Lipinski definition) is 4. The number of fused-ring (bicyclic) bond motifs is 1. The molecule has 0 bridgehead atoms. The molecule has 3 aromatic rings. The fourth-order valence-electron chi connectivity index (χ4n) is 5.18. The first-order valence-corrected chi connectivity index (χ1v) is 14.6. The number of benzene rings is 3. The van der Waals surface area contributed by atoms with Crippen molar-refractivity contribution in [1.29, 1.82) is 0 Å². The van der Waals surface area contributed by atoms with E-state index in [0.717, 1.165) is 40.3 Å². The second-order valence-electron chi connectivity index (χ2n) is 12.3. The van der Waals surface area contributed by atoms with Crippen LogP contribution in [0.15, 0.2) is 60.7 Å². The van der Waals surface area contributed by atoms with Crippen molar-refractivity contribution in [3.8, 4) is 0 Å². The second-order valence-corrected chi connectivity index (χ2v) is 12.3. The summed E-state index contributed by atoms with van der Waals surface area (Å²) >= 11 is 0. The molecule has 3 atom stereocenters. The van der Waals surface area contributed by atoms with E-state index in [1.165, 1.54) is 0 Å². The van der Waals surface area contributed by atoms with Crippen molar-refractivity contribution in [3.05, 3.63) is 77.4 Å². The molecule has 0 radical (unpaired) electrons. The van der Waals surface area contributed by atoms with Crippen molar-refractivity contribution in [2.24, 2.45) is 5.92 Å². The highest BCUT2D eigenvalue weighted by Crippen LogP contribution is 2.38. The minimum Gasteiger partial charge on any atom is -0.444 e. The molecule has 0 aromatic heterocycles. The lowest BCUT2D eigenvalue weighted by Gasteiger charge is -2.36. The maximum atomic E-state index is 14.4. The summed E-state index contributed by atoms with van der Waals surface area (Å²) < 4.78 is 5.51. The molecule has 0 aliphatic heterocycles. The van der Waals surface area contributed by atoms with Crippen LogP contribution in [0.3, 0.4) is 0 Å². The molecule has 1 aliphatic rings. The predicted octanol–water partition coefficient (Wildman–Crippen LogP) is 7.07. The average molecular weight is 558 g/mol. The highest BCUT2D eigenvalue weighted by molar-refractivity contribution is 6.00. The van der Waals surface area contributed by atoms with Gasteiger partial charge in [-0.25, -0.2) is 4.79 Å². The molecular formula is C34H43N3O4. The first kappa shape index (κ1) is 30.1. The number of ether oxygens (including phenoxy) is 1. The number of hydrogen-bond donors (Lipinski definition) is 2. The summed E-state index contributed by atoms with van der Waals surface area (Å²) in [6.45, 7) is 13.3. The molecule has 7 heteroatoms. The van der Waals surface area contributed by atoms with Gasteiger partial charge in [-0.3, -0.25) is 9.59 Å². The van der Waals surface area contributed by atoms with Crippen molar-refractivity contribution >= 4 is 34.4 Å². The fraction of sp³-hybridized carbons (Fsp3) is 0.441. The number of alkyl carbamates (subject to hydrolysis) is 1. The van der Waals surface area contributed by atoms with Crippen molar-refractivity contribution in [2.45, 2.75) is 91.5 Å². The number of carbonyl (C=O) groups is 3. The van der Waals surface area contributed by atoms with Crippen LogP contribution in [0.25, 0.3) is 10.8 Å². The third kappa shape index (κ3) is 7.46. The minimum atomic E-state index is -0.867. The lowest BCUT2D eigenvalue weighted by atomic mass is 9.93. The summed E-state index contributed by atoms with van der Waals surface area (Å²) in [6, 6.07) is 17.9. The van der Waals surface area contributed by atoms with Crippen LogP contribution >= 0.6 is 0 Å². The molecule has 7 nitrogen and oxygen atoms in total. The van der Waals surface area contributed by atoms with Gasteiger partial charge in [0.2, 0.25) is 5.91 Å². The first-order chi connectivity index (χ1) is 19.4. The zero-order valence-electron chi connectivity index (χ0n) is 25.3. The SMILES string of the molecule is CCC(C)C(NC(=O)OC(C)(C)C)C(=O)N(C1CC1)C(C(=O)Nc1ccc2ccccc2c1)c1ccc(C)cc1C.